The molecule has 10 nitrogen and oxygen atoms in total. The Hall–Kier alpha value is -4.21. The molecule has 2 heterocycles. The Bertz CT molecular complexity index is 1110. The van der Waals surface area contributed by atoms with E-state index in [4.69, 9.17) is 4.74 Å². The van der Waals surface area contributed by atoms with Crippen molar-refractivity contribution < 1.29 is 19.1 Å². The van der Waals surface area contributed by atoms with Crippen molar-refractivity contribution in [2.45, 2.75) is 19.4 Å². The van der Waals surface area contributed by atoms with Crippen LogP contribution in [0.5, 0.6) is 5.75 Å². The van der Waals surface area contributed by atoms with Crippen molar-refractivity contribution in [1.29, 1.82) is 0 Å². The maximum absolute atomic E-state index is 12.4. The fourth-order valence-electron chi connectivity index (χ4n) is 3.26. The molecule has 0 saturated heterocycles. The zero-order chi connectivity index (χ0) is 22.5. The first-order valence-electron chi connectivity index (χ1n) is 10.1. The van der Waals surface area contributed by atoms with E-state index in [-0.39, 0.29) is 37.3 Å². The Labute approximate surface area is 184 Å². The third-order valence-corrected chi connectivity index (χ3v) is 5.02. The fraction of sp³-hybridized carbons (Fsp3) is 0.227. The van der Waals surface area contributed by atoms with Gasteiger partial charge in [0.1, 0.15) is 24.4 Å². The van der Waals surface area contributed by atoms with Crippen molar-refractivity contribution in [2.75, 3.05) is 28.7 Å². The number of nitrogens with one attached hydrogen (secondary N) is 2. The Morgan fingerprint density at radius 2 is 1.81 bits per heavy atom. The van der Waals surface area contributed by atoms with E-state index < -0.39 is 6.04 Å². The summed E-state index contributed by atoms with van der Waals surface area (Å²) in [5, 5.41) is 9.56. The maximum Gasteiger partial charge on any atom is 0.265 e. The lowest BCUT2D eigenvalue weighted by atomic mass is 10.2. The summed E-state index contributed by atoms with van der Waals surface area (Å²) >= 11 is 0. The number of para-hydroxylation sites is 2. The van der Waals surface area contributed by atoms with Gasteiger partial charge in [-0.25, -0.2) is 9.67 Å². The van der Waals surface area contributed by atoms with E-state index in [1.807, 2.05) is 12.1 Å². The first-order valence-corrected chi connectivity index (χ1v) is 10.1. The number of benzene rings is 2. The molecule has 1 aromatic heterocycles. The van der Waals surface area contributed by atoms with Gasteiger partial charge >= 0.3 is 0 Å². The number of hydrogen-bond donors (Lipinski definition) is 2. The quantitative estimate of drug-likeness (QED) is 0.589. The average molecular weight is 434 g/mol. The number of aromatic nitrogens is 3. The molecule has 3 aromatic rings. The van der Waals surface area contributed by atoms with Gasteiger partial charge in [-0.15, -0.1) is 0 Å². The average Bonchev–Trinajstić information content (AvgIpc) is 3.34. The number of carbonyl (C=O) groups is 3. The number of nitrogens with zero attached hydrogens (tertiary/aromatic N) is 4. The maximum atomic E-state index is 12.4. The van der Waals surface area contributed by atoms with Crippen molar-refractivity contribution in [2.24, 2.45) is 0 Å². The zero-order valence-electron chi connectivity index (χ0n) is 17.4. The van der Waals surface area contributed by atoms with E-state index in [1.54, 1.807) is 48.2 Å². The number of ether oxygens (including phenoxy) is 1. The van der Waals surface area contributed by atoms with E-state index in [0.717, 1.165) is 0 Å². The number of anilines is 3. The lowest BCUT2D eigenvalue weighted by Gasteiger charge is -2.29. The molecular weight excluding hydrogens is 412 g/mol. The summed E-state index contributed by atoms with van der Waals surface area (Å²) < 4.78 is 6.87. The van der Waals surface area contributed by atoms with Gasteiger partial charge in [-0.05, 0) is 43.3 Å². The first-order chi connectivity index (χ1) is 15.5. The minimum absolute atomic E-state index is 0.0403. The zero-order valence-corrected chi connectivity index (χ0v) is 17.4. The lowest BCUT2D eigenvalue weighted by molar-refractivity contribution is -0.121. The van der Waals surface area contributed by atoms with Crippen LogP contribution in [0.25, 0.3) is 0 Å². The molecule has 1 atom stereocenters. The molecule has 164 valence electrons. The van der Waals surface area contributed by atoms with E-state index >= 15 is 0 Å². The smallest absolute Gasteiger partial charge is 0.265 e. The topological polar surface area (TPSA) is 118 Å². The van der Waals surface area contributed by atoms with Gasteiger partial charge in [0.15, 0.2) is 6.61 Å². The highest BCUT2D eigenvalue weighted by molar-refractivity contribution is 5.99. The third kappa shape index (κ3) is 4.75. The SMILES string of the molecule is CC(C(=O)Nc1ccc(NC(=O)CCN2C(=O)COc3ccccc32)cc1)n1cncn1. The third-order valence-electron chi connectivity index (χ3n) is 5.02. The van der Waals surface area contributed by atoms with Crippen molar-refractivity contribution in [1.82, 2.24) is 14.8 Å². The van der Waals surface area contributed by atoms with Crippen molar-refractivity contribution in [3.8, 4) is 5.75 Å². The molecule has 2 aromatic carbocycles. The van der Waals surface area contributed by atoms with Crippen molar-refractivity contribution >= 4 is 34.8 Å². The Balaban J connectivity index is 1.30. The highest BCUT2D eigenvalue weighted by Gasteiger charge is 2.25. The van der Waals surface area contributed by atoms with E-state index in [1.165, 1.54) is 17.3 Å². The fourth-order valence-corrected chi connectivity index (χ4v) is 3.26. The molecule has 0 fully saturated rings. The van der Waals surface area contributed by atoms with Gasteiger partial charge in [-0.1, -0.05) is 12.1 Å². The Morgan fingerprint density at radius 1 is 1.09 bits per heavy atom. The molecule has 1 aliphatic heterocycles. The van der Waals surface area contributed by atoms with Gasteiger partial charge in [-0.2, -0.15) is 5.10 Å². The molecular formula is C22H22N6O4. The summed E-state index contributed by atoms with van der Waals surface area (Å²) in [6.07, 6.45) is 2.98. The molecule has 0 radical (unpaired) electrons. The highest BCUT2D eigenvalue weighted by atomic mass is 16.5. The first kappa shape index (κ1) is 21.0. The largest absolute Gasteiger partial charge is 0.482 e. The van der Waals surface area contributed by atoms with Crippen LogP contribution in [0.1, 0.15) is 19.4 Å². The molecule has 0 aliphatic carbocycles. The van der Waals surface area contributed by atoms with E-state index in [0.29, 0.717) is 22.8 Å². The van der Waals surface area contributed by atoms with Gasteiger partial charge in [0.25, 0.3) is 5.91 Å². The number of carbonyl (C=O) groups excluding carboxylic acids is 3. The molecule has 32 heavy (non-hydrogen) atoms. The summed E-state index contributed by atoms with van der Waals surface area (Å²) in [5.74, 6) is -0.0129. The Kier molecular flexibility index (Phi) is 6.11. The minimum Gasteiger partial charge on any atom is -0.482 e. The van der Waals surface area contributed by atoms with Crippen LogP contribution in [-0.4, -0.2) is 45.6 Å². The summed E-state index contributed by atoms with van der Waals surface area (Å²) in [6.45, 7) is 1.93. The van der Waals surface area contributed by atoms with Crippen LogP contribution in [0.15, 0.2) is 61.2 Å². The summed E-state index contributed by atoms with van der Waals surface area (Å²) in [5.41, 5.74) is 1.85. The van der Waals surface area contributed by atoms with Crippen LogP contribution < -0.4 is 20.3 Å². The van der Waals surface area contributed by atoms with Crippen LogP contribution in [0.2, 0.25) is 0 Å². The van der Waals surface area contributed by atoms with Gasteiger partial charge < -0.3 is 20.3 Å². The molecule has 0 saturated carbocycles. The van der Waals surface area contributed by atoms with E-state index in [2.05, 4.69) is 20.7 Å². The molecule has 0 bridgehead atoms. The Morgan fingerprint density at radius 3 is 2.53 bits per heavy atom. The molecule has 3 amide bonds. The molecule has 4 rings (SSSR count). The number of fused-ring (bicyclic) bond motifs is 1. The molecule has 1 unspecified atom stereocenters. The van der Waals surface area contributed by atoms with Gasteiger partial charge in [0, 0.05) is 24.3 Å². The van der Waals surface area contributed by atoms with Crippen LogP contribution in [-0.2, 0) is 14.4 Å². The summed E-state index contributed by atoms with van der Waals surface area (Å²) in [6, 6.07) is 13.5. The summed E-state index contributed by atoms with van der Waals surface area (Å²) in [7, 11) is 0. The van der Waals surface area contributed by atoms with Gasteiger partial charge in [0.2, 0.25) is 11.8 Å². The number of rotatable bonds is 7. The van der Waals surface area contributed by atoms with Gasteiger partial charge in [0.05, 0.1) is 5.69 Å². The normalized spacial score (nSPS) is 13.7. The summed E-state index contributed by atoms with van der Waals surface area (Å²) in [4.78, 5) is 42.3. The molecule has 1 aliphatic rings. The minimum atomic E-state index is -0.509. The monoisotopic (exact) mass is 434 g/mol. The second-order valence-corrected chi connectivity index (χ2v) is 7.22. The van der Waals surface area contributed by atoms with Crippen LogP contribution in [0, 0.1) is 0 Å². The molecule has 0 spiro atoms. The van der Waals surface area contributed by atoms with Crippen molar-refractivity contribution in [3.63, 3.8) is 0 Å². The second kappa shape index (κ2) is 9.29. The number of hydrogen-bond acceptors (Lipinski definition) is 6. The van der Waals surface area contributed by atoms with Gasteiger partial charge in [-0.3, -0.25) is 14.4 Å². The lowest BCUT2D eigenvalue weighted by Crippen LogP contribution is -2.40. The van der Waals surface area contributed by atoms with Crippen molar-refractivity contribution in [3.05, 3.63) is 61.2 Å². The molecule has 10 heteroatoms. The predicted octanol–water partition coefficient (Wildman–Crippen LogP) is 2.23. The van der Waals surface area contributed by atoms with Crippen LogP contribution in [0.3, 0.4) is 0 Å². The van der Waals surface area contributed by atoms with Crippen LogP contribution in [0.4, 0.5) is 17.1 Å². The second-order valence-electron chi connectivity index (χ2n) is 7.22. The van der Waals surface area contributed by atoms with Crippen LogP contribution >= 0.6 is 0 Å². The highest BCUT2D eigenvalue weighted by Crippen LogP contribution is 2.31. The molecule has 2 N–H and O–H groups in total. The number of amides is 3. The van der Waals surface area contributed by atoms with E-state index in [9.17, 15) is 14.4 Å². The standard InChI is InChI=1S/C22H22N6O4/c1-15(28-14-23-13-24-28)22(31)26-17-8-6-16(7-9-17)25-20(29)10-11-27-18-4-2-3-5-19(18)32-12-21(27)30/h2-9,13-15H,10-12H2,1H3,(H,25,29)(H,26,31). The predicted molar refractivity (Wildman–Crippen MR) is 117 cm³/mol.